The summed E-state index contributed by atoms with van der Waals surface area (Å²) >= 11 is 0. The normalized spacial score (nSPS) is 22.1. The van der Waals surface area contributed by atoms with Crippen LogP contribution in [0, 0.1) is 11.3 Å². The Morgan fingerprint density at radius 2 is 1.80 bits per heavy atom. The molecule has 5 nitrogen and oxygen atoms in total. The van der Waals surface area contributed by atoms with Crippen molar-refractivity contribution in [1.29, 1.82) is 5.26 Å². The van der Waals surface area contributed by atoms with Gasteiger partial charge in [-0.3, -0.25) is 0 Å². The lowest BCUT2D eigenvalue weighted by Gasteiger charge is -2.52. The fourth-order valence-electron chi connectivity index (χ4n) is 2.78. The van der Waals surface area contributed by atoms with E-state index < -0.39 is 14.4 Å². The monoisotopic (exact) mass is 362 g/mol. The van der Waals surface area contributed by atoms with Crippen LogP contribution in [-0.2, 0) is 9.16 Å². The predicted molar refractivity (Wildman–Crippen MR) is 103 cm³/mol. The minimum Gasteiger partial charge on any atom is -0.497 e. The van der Waals surface area contributed by atoms with Crippen molar-refractivity contribution in [3.8, 4) is 11.8 Å². The lowest BCUT2D eigenvalue weighted by atomic mass is 9.93. The largest absolute Gasteiger partial charge is 0.497 e. The van der Waals surface area contributed by atoms with Gasteiger partial charge in [-0.2, -0.15) is 5.26 Å². The summed E-state index contributed by atoms with van der Waals surface area (Å²) in [6.45, 7) is 11.7. The van der Waals surface area contributed by atoms with Gasteiger partial charge in [0, 0.05) is 19.3 Å². The fraction of sp³-hybridized carbons (Fsp3) is 0.632. The Kier molecular flexibility index (Phi) is 5.82. The zero-order valence-corrected chi connectivity index (χ0v) is 17.4. The van der Waals surface area contributed by atoms with Gasteiger partial charge in [-0.15, -0.1) is 0 Å². The summed E-state index contributed by atoms with van der Waals surface area (Å²) in [5.41, 5.74) is 1.05. The molecule has 1 aliphatic heterocycles. The van der Waals surface area contributed by atoms with Gasteiger partial charge in [0.1, 0.15) is 5.75 Å². The molecule has 1 fully saturated rings. The van der Waals surface area contributed by atoms with Crippen molar-refractivity contribution >= 4 is 14.0 Å². The van der Waals surface area contributed by atoms with Gasteiger partial charge in [0.05, 0.1) is 25.3 Å². The number of methoxy groups -OCH3 is 2. The quantitative estimate of drug-likeness (QED) is 0.720. The zero-order chi connectivity index (χ0) is 18.8. The summed E-state index contributed by atoms with van der Waals surface area (Å²) in [6.07, 6.45) is -0.516. The molecule has 1 saturated heterocycles. The number of rotatable bonds is 6. The molecule has 0 aliphatic carbocycles. The van der Waals surface area contributed by atoms with E-state index in [1.54, 1.807) is 14.2 Å². The van der Waals surface area contributed by atoms with E-state index in [4.69, 9.17) is 13.9 Å². The van der Waals surface area contributed by atoms with Crippen LogP contribution in [0.3, 0.4) is 0 Å². The predicted octanol–water partition coefficient (Wildman–Crippen LogP) is 3.81. The molecule has 1 heterocycles. The Bertz CT molecular complexity index is 619. The average molecular weight is 363 g/mol. The third kappa shape index (κ3) is 4.00. The molecule has 0 unspecified atom stereocenters. The Balaban J connectivity index is 2.23. The van der Waals surface area contributed by atoms with Gasteiger partial charge in [-0.1, -0.05) is 20.8 Å². The van der Waals surface area contributed by atoms with E-state index in [-0.39, 0.29) is 17.2 Å². The van der Waals surface area contributed by atoms with Crippen LogP contribution in [0.5, 0.6) is 5.75 Å². The summed E-state index contributed by atoms with van der Waals surface area (Å²) < 4.78 is 17.2. The maximum absolute atomic E-state index is 9.80. The van der Waals surface area contributed by atoms with Crippen molar-refractivity contribution in [2.75, 3.05) is 25.7 Å². The van der Waals surface area contributed by atoms with Crippen molar-refractivity contribution < 1.29 is 13.9 Å². The Labute approximate surface area is 152 Å². The summed E-state index contributed by atoms with van der Waals surface area (Å²) in [4.78, 5) is 2.19. The molecule has 1 aromatic rings. The molecule has 138 valence electrons. The summed E-state index contributed by atoms with van der Waals surface area (Å²) in [7, 11) is 1.31. The molecule has 6 heteroatoms. The van der Waals surface area contributed by atoms with Crippen molar-refractivity contribution in [2.24, 2.45) is 0 Å². The van der Waals surface area contributed by atoms with Crippen LogP contribution in [0.4, 0.5) is 5.69 Å². The van der Waals surface area contributed by atoms with Crippen molar-refractivity contribution in [2.45, 2.75) is 57.2 Å². The Morgan fingerprint density at radius 1 is 1.20 bits per heavy atom. The third-order valence-electron chi connectivity index (χ3n) is 5.49. The van der Waals surface area contributed by atoms with Crippen LogP contribution < -0.4 is 9.64 Å². The summed E-state index contributed by atoms with van der Waals surface area (Å²) in [6, 6.07) is 10.2. The Morgan fingerprint density at radius 3 is 2.24 bits per heavy atom. The minimum absolute atomic E-state index is 0.00322. The number of nitriles is 1. The first-order valence-electron chi connectivity index (χ1n) is 8.65. The second kappa shape index (κ2) is 7.36. The van der Waals surface area contributed by atoms with Crippen LogP contribution in [0.2, 0.25) is 18.1 Å². The minimum atomic E-state index is -2.05. The standard InChI is InChI=1S/C19H30N2O3Si/c1-19(2,3)25(6,7)24-16(12-20)18-17(23-5)13-21(18)14-8-10-15(22-4)11-9-14/h8-11,16-18H,13H2,1-7H3/t16-,17+,18+/m1/s1. The number of ether oxygens (including phenoxy) is 2. The maximum atomic E-state index is 9.80. The second-order valence-electron chi connectivity index (χ2n) is 8.04. The van der Waals surface area contributed by atoms with Crippen molar-refractivity contribution in [3.63, 3.8) is 0 Å². The van der Waals surface area contributed by atoms with Crippen LogP contribution in [0.15, 0.2) is 24.3 Å². The number of anilines is 1. The lowest BCUT2D eigenvalue weighted by Crippen LogP contribution is -2.67. The van der Waals surface area contributed by atoms with Gasteiger partial charge in [-0.05, 0) is 42.4 Å². The molecule has 1 aromatic carbocycles. The first-order chi connectivity index (χ1) is 11.6. The number of hydrogen-bond donors (Lipinski definition) is 0. The highest BCUT2D eigenvalue weighted by Gasteiger charge is 2.49. The smallest absolute Gasteiger partial charge is 0.193 e. The SMILES string of the molecule is COc1ccc(N2C[C@H](OC)[C@@H]2[C@@H](C#N)O[Si](C)(C)C(C)(C)C)cc1. The third-order valence-corrected chi connectivity index (χ3v) is 9.95. The van der Waals surface area contributed by atoms with Crippen LogP contribution in [0.1, 0.15) is 20.8 Å². The van der Waals surface area contributed by atoms with Gasteiger partial charge < -0.3 is 18.8 Å². The number of nitrogens with zero attached hydrogens (tertiary/aromatic N) is 2. The van der Waals surface area contributed by atoms with E-state index in [9.17, 15) is 5.26 Å². The van der Waals surface area contributed by atoms with E-state index in [0.29, 0.717) is 0 Å². The summed E-state index contributed by atoms with van der Waals surface area (Å²) in [5, 5.41) is 9.85. The Hall–Kier alpha value is -1.55. The highest BCUT2D eigenvalue weighted by Crippen LogP contribution is 2.40. The van der Waals surface area contributed by atoms with Crippen molar-refractivity contribution in [3.05, 3.63) is 24.3 Å². The van der Waals surface area contributed by atoms with E-state index in [1.165, 1.54) is 0 Å². The molecule has 0 spiro atoms. The highest BCUT2D eigenvalue weighted by atomic mass is 28.4. The molecular formula is C19H30N2O3Si. The molecular weight excluding hydrogens is 332 g/mol. The van der Waals surface area contributed by atoms with E-state index >= 15 is 0 Å². The maximum Gasteiger partial charge on any atom is 0.193 e. The van der Waals surface area contributed by atoms with Gasteiger partial charge in [0.25, 0.3) is 0 Å². The van der Waals surface area contributed by atoms with Crippen LogP contribution in [0.25, 0.3) is 0 Å². The topological polar surface area (TPSA) is 54.7 Å². The molecule has 0 N–H and O–H groups in total. The van der Waals surface area contributed by atoms with Gasteiger partial charge in [0.2, 0.25) is 0 Å². The summed E-state index contributed by atoms with van der Waals surface area (Å²) in [5.74, 6) is 0.818. The molecule has 0 radical (unpaired) electrons. The number of hydrogen-bond acceptors (Lipinski definition) is 5. The van der Waals surface area contributed by atoms with Crippen molar-refractivity contribution in [1.82, 2.24) is 0 Å². The lowest BCUT2D eigenvalue weighted by molar-refractivity contribution is 0.00361. The van der Waals surface area contributed by atoms with E-state index in [1.807, 2.05) is 24.3 Å². The van der Waals surface area contributed by atoms with E-state index in [0.717, 1.165) is 18.0 Å². The van der Waals surface area contributed by atoms with Gasteiger partial charge in [0.15, 0.2) is 14.4 Å². The zero-order valence-electron chi connectivity index (χ0n) is 16.4. The fourth-order valence-corrected chi connectivity index (χ4v) is 3.96. The van der Waals surface area contributed by atoms with Crippen LogP contribution in [-0.4, -0.2) is 47.3 Å². The van der Waals surface area contributed by atoms with Gasteiger partial charge >= 0.3 is 0 Å². The second-order valence-corrected chi connectivity index (χ2v) is 12.8. The van der Waals surface area contributed by atoms with Crippen LogP contribution >= 0.6 is 0 Å². The van der Waals surface area contributed by atoms with Gasteiger partial charge in [-0.25, -0.2) is 0 Å². The molecule has 0 amide bonds. The molecule has 0 bridgehead atoms. The molecule has 3 atom stereocenters. The molecule has 2 rings (SSSR count). The average Bonchev–Trinajstić information content (AvgIpc) is 2.53. The highest BCUT2D eigenvalue weighted by molar-refractivity contribution is 6.74. The number of benzene rings is 1. The molecule has 1 aliphatic rings. The molecule has 0 aromatic heterocycles. The molecule has 25 heavy (non-hydrogen) atoms. The first kappa shape index (κ1) is 19.8. The molecule has 0 saturated carbocycles. The first-order valence-corrected chi connectivity index (χ1v) is 11.6. The van der Waals surface area contributed by atoms with E-state index in [2.05, 4.69) is 44.8 Å².